The summed E-state index contributed by atoms with van der Waals surface area (Å²) in [5.41, 5.74) is 7.20. The molecule has 2 rings (SSSR count). The van der Waals surface area contributed by atoms with E-state index in [0.717, 1.165) is 16.4 Å². The van der Waals surface area contributed by atoms with Crippen molar-refractivity contribution in [3.8, 4) is 0 Å². The Kier molecular flexibility index (Phi) is 9.73. The van der Waals surface area contributed by atoms with Crippen LogP contribution in [0.3, 0.4) is 0 Å². The van der Waals surface area contributed by atoms with E-state index < -0.39 is 0 Å². The molecule has 0 radical (unpaired) electrons. The molecule has 1 atom stereocenters. The maximum absolute atomic E-state index is 12.5. The predicted molar refractivity (Wildman–Crippen MR) is 117 cm³/mol. The second-order valence-electron chi connectivity index (χ2n) is 6.14. The minimum atomic E-state index is -0.367. The minimum absolute atomic E-state index is 0.00298. The second kappa shape index (κ2) is 11.5. The fraction of sp³-hybridized carbons (Fsp3) is 0.476. The highest BCUT2D eigenvalue weighted by Crippen LogP contribution is 2.28. The van der Waals surface area contributed by atoms with Gasteiger partial charge in [-0.2, -0.15) is 0 Å². The Morgan fingerprint density at radius 3 is 2.61 bits per heavy atom. The van der Waals surface area contributed by atoms with E-state index in [4.69, 9.17) is 17.3 Å². The largest absolute Gasteiger partial charge is 0.384 e. The molecule has 1 aliphatic carbocycles. The van der Waals surface area contributed by atoms with Gasteiger partial charge in [-0.15, -0.1) is 11.7 Å². The summed E-state index contributed by atoms with van der Waals surface area (Å²) in [7, 11) is 0. The van der Waals surface area contributed by atoms with Crippen molar-refractivity contribution in [1.82, 2.24) is 19.7 Å². The summed E-state index contributed by atoms with van der Waals surface area (Å²) in [5, 5.41) is 5.29. The lowest BCUT2D eigenvalue weighted by Crippen LogP contribution is -2.35. The third kappa shape index (κ3) is 5.83. The topological polar surface area (TPSA) is 77.0 Å². The number of halogens is 1. The van der Waals surface area contributed by atoms with Crippen LogP contribution in [0.5, 0.6) is 0 Å². The van der Waals surface area contributed by atoms with Crippen LogP contribution >= 0.6 is 11.6 Å². The van der Waals surface area contributed by atoms with Crippen LogP contribution in [0.15, 0.2) is 35.9 Å². The van der Waals surface area contributed by atoms with E-state index in [2.05, 4.69) is 16.7 Å². The fourth-order valence-electron chi connectivity index (χ4n) is 2.78. The van der Waals surface area contributed by atoms with Crippen molar-refractivity contribution >= 4 is 28.9 Å². The molecule has 1 heterocycles. The lowest BCUT2D eigenvalue weighted by Gasteiger charge is -2.21. The Hall–Kier alpha value is -2.34. The van der Waals surface area contributed by atoms with Crippen LogP contribution in [0.2, 0.25) is 0 Å². The average molecular weight is 406 g/mol. The van der Waals surface area contributed by atoms with Gasteiger partial charge in [-0.3, -0.25) is 4.79 Å². The molecule has 1 amide bonds. The first-order valence-corrected chi connectivity index (χ1v) is 10.2. The van der Waals surface area contributed by atoms with Crippen molar-refractivity contribution in [2.24, 2.45) is 11.7 Å². The molecule has 28 heavy (non-hydrogen) atoms. The number of aryl methyl sites for hydroxylation is 1. The van der Waals surface area contributed by atoms with E-state index in [1.54, 1.807) is 21.7 Å². The first-order chi connectivity index (χ1) is 13.4. The van der Waals surface area contributed by atoms with Gasteiger partial charge in [0, 0.05) is 36.5 Å². The summed E-state index contributed by atoms with van der Waals surface area (Å²) < 4.78 is 1.61. The number of carbonyl (C=O) groups is 1. The Labute approximate surface area is 173 Å². The van der Waals surface area contributed by atoms with Crippen LogP contribution in [0.25, 0.3) is 11.4 Å². The van der Waals surface area contributed by atoms with Gasteiger partial charge in [-0.05, 0) is 26.0 Å². The van der Waals surface area contributed by atoms with Gasteiger partial charge >= 0.3 is 0 Å². The molecule has 1 unspecified atom stereocenters. The van der Waals surface area contributed by atoms with Gasteiger partial charge < -0.3 is 10.6 Å². The molecule has 0 bridgehead atoms. The molecule has 0 saturated heterocycles. The summed E-state index contributed by atoms with van der Waals surface area (Å²) in [6.45, 7) is 14.6. The number of carbonyl (C=O) groups excluding carboxylic acids is 1. The van der Waals surface area contributed by atoms with E-state index in [0.29, 0.717) is 37.6 Å². The van der Waals surface area contributed by atoms with Crippen molar-refractivity contribution < 1.29 is 4.79 Å². The molecule has 0 aliphatic heterocycles. The fourth-order valence-corrected chi connectivity index (χ4v) is 2.98. The van der Waals surface area contributed by atoms with Gasteiger partial charge in [0.1, 0.15) is 11.6 Å². The molecule has 0 aromatic carbocycles. The van der Waals surface area contributed by atoms with Crippen molar-refractivity contribution in [1.29, 1.82) is 0 Å². The molecule has 1 aromatic heterocycles. The summed E-state index contributed by atoms with van der Waals surface area (Å²) in [5.74, 6) is 1.40. The van der Waals surface area contributed by atoms with Crippen LogP contribution in [-0.4, -0.2) is 38.7 Å². The van der Waals surface area contributed by atoms with Crippen molar-refractivity contribution in [3.63, 3.8) is 0 Å². The highest BCUT2D eigenvalue weighted by atomic mass is 35.5. The quantitative estimate of drug-likeness (QED) is 0.657. The SMILES string of the molecule is C=CCN(CC)C(=O)C(C)/C=C(/N)n1nc(C2=CC=C(Cl)C2)nc1CC.CC. The molecule has 0 fully saturated rings. The molecule has 2 N–H and O–H groups in total. The Balaban J connectivity index is 0.00000190. The Bertz CT molecular complexity index is 776. The van der Waals surface area contributed by atoms with Gasteiger partial charge in [0.05, 0.1) is 5.92 Å². The average Bonchev–Trinajstić information content (AvgIpc) is 3.33. The van der Waals surface area contributed by atoms with E-state index >= 15 is 0 Å². The van der Waals surface area contributed by atoms with Crippen molar-refractivity contribution in [3.05, 3.63) is 47.6 Å². The highest BCUT2D eigenvalue weighted by Gasteiger charge is 2.20. The van der Waals surface area contributed by atoms with E-state index in [1.807, 2.05) is 46.8 Å². The zero-order valence-corrected chi connectivity index (χ0v) is 18.3. The number of hydrogen-bond donors (Lipinski definition) is 1. The van der Waals surface area contributed by atoms with Crippen molar-refractivity contribution in [2.75, 3.05) is 13.1 Å². The smallest absolute Gasteiger partial charge is 0.229 e. The molecule has 154 valence electrons. The third-order valence-electron chi connectivity index (χ3n) is 4.20. The van der Waals surface area contributed by atoms with Crippen LogP contribution in [0, 0.1) is 5.92 Å². The first-order valence-electron chi connectivity index (χ1n) is 9.80. The second-order valence-corrected chi connectivity index (χ2v) is 6.63. The van der Waals surface area contributed by atoms with Gasteiger partial charge in [0.2, 0.25) is 5.91 Å². The molecule has 1 aliphatic rings. The summed E-state index contributed by atoms with van der Waals surface area (Å²) in [6.07, 6.45) is 8.51. The van der Waals surface area contributed by atoms with Crippen LogP contribution in [0.1, 0.15) is 52.7 Å². The molecule has 7 heteroatoms. The predicted octanol–water partition coefficient (Wildman–Crippen LogP) is 4.20. The molecule has 1 aromatic rings. The normalized spacial score (nSPS) is 14.6. The number of rotatable bonds is 8. The standard InChI is InChI=1S/C19H26ClN5O.C2H6/c1-5-10-24(7-3)19(26)13(4)11-16(21)25-17(6-2)22-18(23-25)14-8-9-15(20)12-14;1-2/h5,8-9,11,13H,1,6-7,10,12,21H2,2-4H3;1-2H3/b16-11-;. The molecule has 0 saturated carbocycles. The molecular weight excluding hydrogens is 374 g/mol. The summed E-state index contributed by atoms with van der Waals surface area (Å²) in [4.78, 5) is 18.8. The van der Waals surface area contributed by atoms with Gasteiger partial charge in [0.15, 0.2) is 5.82 Å². The number of amides is 1. The summed E-state index contributed by atoms with van der Waals surface area (Å²) >= 11 is 6.03. The van der Waals surface area contributed by atoms with Crippen LogP contribution in [-0.2, 0) is 11.2 Å². The van der Waals surface area contributed by atoms with Crippen LogP contribution < -0.4 is 5.73 Å². The number of nitrogens with zero attached hydrogens (tertiary/aromatic N) is 4. The monoisotopic (exact) mass is 405 g/mol. The molecule has 6 nitrogen and oxygen atoms in total. The zero-order valence-electron chi connectivity index (χ0n) is 17.6. The zero-order chi connectivity index (χ0) is 21.3. The summed E-state index contributed by atoms with van der Waals surface area (Å²) in [6, 6.07) is 0. The van der Waals surface area contributed by atoms with E-state index in [-0.39, 0.29) is 11.8 Å². The van der Waals surface area contributed by atoms with Gasteiger partial charge in [-0.25, -0.2) is 9.67 Å². The lowest BCUT2D eigenvalue weighted by molar-refractivity contribution is -0.132. The van der Waals surface area contributed by atoms with Gasteiger partial charge in [-0.1, -0.05) is 44.5 Å². The maximum Gasteiger partial charge on any atom is 0.229 e. The highest BCUT2D eigenvalue weighted by molar-refractivity contribution is 6.30. The lowest BCUT2D eigenvalue weighted by atomic mass is 10.1. The number of nitrogens with two attached hydrogens (primary N) is 1. The molecular formula is C21H32ClN5O. The molecule has 0 spiro atoms. The maximum atomic E-state index is 12.5. The first kappa shape index (κ1) is 23.7. The number of allylic oxidation sites excluding steroid dienone is 4. The van der Waals surface area contributed by atoms with Crippen molar-refractivity contribution in [2.45, 2.75) is 47.5 Å². The van der Waals surface area contributed by atoms with Gasteiger partial charge in [0.25, 0.3) is 0 Å². The van der Waals surface area contributed by atoms with E-state index in [1.165, 1.54) is 0 Å². The Morgan fingerprint density at radius 1 is 1.43 bits per heavy atom. The number of aromatic nitrogens is 3. The Morgan fingerprint density at radius 2 is 2.11 bits per heavy atom. The minimum Gasteiger partial charge on any atom is -0.384 e. The third-order valence-corrected chi connectivity index (χ3v) is 4.46. The number of hydrogen-bond acceptors (Lipinski definition) is 4. The van der Waals surface area contributed by atoms with E-state index in [9.17, 15) is 4.79 Å². The van der Waals surface area contributed by atoms with Crippen LogP contribution in [0.4, 0.5) is 0 Å². The number of likely N-dealkylation sites (N-methyl/N-ethyl adjacent to an activating group) is 1.